The molecule has 0 unspecified atom stereocenters. The Bertz CT molecular complexity index is 419. The number of hydrogen-bond acceptors (Lipinski definition) is 5. The zero-order valence-corrected chi connectivity index (χ0v) is 7.70. The van der Waals surface area contributed by atoms with E-state index in [1.807, 2.05) is 0 Å². The molecule has 0 spiro atoms. The molecule has 74 valence electrons. The summed E-state index contributed by atoms with van der Waals surface area (Å²) >= 11 is 0. The molecule has 0 aliphatic rings. The molecular weight excluding hydrogens is 184 g/mol. The molecule has 0 aliphatic heterocycles. The Morgan fingerprint density at radius 1 is 1.50 bits per heavy atom. The Labute approximate surface area is 80.0 Å². The first kappa shape index (κ1) is 8.82. The van der Waals surface area contributed by atoms with Crippen molar-refractivity contribution in [2.24, 2.45) is 7.05 Å². The summed E-state index contributed by atoms with van der Waals surface area (Å²) in [7, 11) is 1.71. The lowest BCUT2D eigenvalue weighted by atomic mass is 10.5. The highest BCUT2D eigenvalue weighted by Gasteiger charge is 2.05. The summed E-state index contributed by atoms with van der Waals surface area (Å²) in [4.78, 5) is 5.36. The fourth-order valence-corrected chi connectivity index (χ4v) is 1.17. The molecule has 2 rings (SSSR count). The Kier molecular flexibility index (Phi) is 2.23. The van der Waals surface area contributed by atoms with Crippen LogP contribution < -0.4 is 0 Å². The number of aryl methyl sites for hydroxylation is 1. The van der Waals surface area contributed by atoms with Gasteiger partial charge in [-0.05, 0) is 5.21 Å². The lowest BCUT2D eigenvalue weighted by molar-refractivity contribution is 0.266. The van der Waals surface area contributed by atoms with Gasteiger partial charge in [0.25, 0.3) is 0 Å². The quantitative estimate of drug-likeness (QED) is 0.674. The third-order valence-electron chi connectivity index (χ3n) is 1.80. The van der Waals surface area contributed by atoms with Gasteiger partial charge in [0.1, 0.15) is 12.4 Å². The zero-order chi connectivity index (χ0) is 9.97. The number of rotatable bonds is 3. The maximum Gasteiger partial charge on any atom is 0.194 e. The first-order chi connectivity index (χ1) is 6.79. The summed E-state index contributed by atoms with van der Waals surface area (Å²) in [5, 5.41) is 20.5. The number of hydrogen-bond donors (Lipinski definition) is 1. The van der Waals surface area contributed by atoms with E-state index >= 15 is 0 Å². The number of imidazole rings is 1. The molecule has 2 heterocycles. The number of tetrazole rings is 1. The van der Waals surface area contributed by atoms with Crippen LogP contribution in [0.5, 0.6) is 0 Å². The van der Waals surface area contributed by atoms with E-state index in [2.05, 4.69) is 20.4 Å². The molecule has 0 aromatic carbocycles. The van der Waals surface area contributed by atoms with Crippen LogP contribution >= 0.6 is 0 Å². The normalized spacial score (nSPS) is 10.7. The summed E-state index contributed by atoms with van der Waals surface area (Å²) < 4.78 is 1.77. The highest BCUT2D eigenvalue weighted by Crippen LogP contribution is 1.99. The number of aromatic nitrogens is 6. The van der Waals surface area contributed by atoms with E-state index in [4.69, 9.17) is 5.11 Å². The van der Waals surface area contributed by atoms with Crippen molar-refractivity contribution in [3.05, 3.63) is 24.0 Å². The van der Waals surface area contributed by atoms with Crippen LogP contribution in [0.3, 0.4) is 0 Å². The van der Waals surface area contributed by atoms with E-state index in [-0.39, 0.29) is 6.61 Å². The van der Waals surface area contributed by atoms with Crippen LogP contribution in [0.15, 0.2) is 12.4 Å². The van der Waals surface area contributed by atoms with Gasteiger partial charge < -0.3 is 9.67 Å². The third kappa shape index (κ3) is 1.62. The molecule has 2 aromatic rings. The number of aliphatic hydroxyl groups excluding tert-OH is 1. The van der Waals surface area contributed by atoms with Gasteiger partial charge in [0.05, 0.1) is 13.6 Å². The van der Waals surface area contributed by atoms with Crippen molar-refractivity contribution in [3.8, 4) is 0 Å². The van der Waals surface area contributed by atoms with E-state index in [1.54, 1.807) is 24.0 Å². The van der Waals surface area contributed by atoms with Gasteiger partial charge >= 0.3 is 0 Å². The maximum absolute atomic E-state index is 8.95. The van der Waals surface area contributed by atoms with E-state index in [1.165, 1.54) is 4.80 Å². The lowest BCUT2D eigenvalue weighted by Crippen LogP contribution is -2.06. The SMILES string of the molecule is Cn1nnc(Cn2ccnc2CO)n1. The van der Waals surface area contributed by atoms with Crippen LogP contribution in [0.4, 0.5) is 0 Å². The molecule has 7 heteroatoms. The van der Waals surface area contributed by atoms with Gasteiger partial charge in [0.15, 0.2) is 5.82 Å². The fourth-order valence-electron chi connectivity index (χ4n) is 1.17. The maximum atomic E-state index is 8.95. The van der Waals surface area contributed by atoms with Crippen molar-refractivity contribution in [3.63, 3.8) is 0 Å². The molecule has 7 nitrogen and oxygen atoms in total. The van der Waals surface area contributed by atoms with Gasteiger partial charge in [-0.1, -0.05) is 0 Å². The van der Waals surface area contributed by atoms with Crippen molar-refractivity contribution in [1.29, 1.82) is 0 Å². The first-order valence-electron chi connectivity index (χ1n) is 4.13. The molecule has 0 saturated heterocycles. The predicted octanol–water partition coefficient (Wildman–Crippen LogP) is -1.05. The summed E-state index contributed by atoms with van der Waals surface area (Å²) in [5.41, 5.74) is 0. The second-order valence-electron chi connectivity index (χ2n) is 2.82. The van der Waals surface area contributed by atoms with Crippen LogP contribution in [0.2, 0.25) is 0 Å². The minimum Gasteiger partial charge on any atom is -0.388 e. The summed E-state index contributed by atoms with van der Waals surface area (Å²) in [5.74, 6) is 1.19. The molecular formula is C7H10N6O. The fraction of sp³-hybridized carbons (Fsp3) is 0.429. The summed E-state index contributed by atoms with van der Waals surface area (Å²) in [6, 6.07) is 0. The monoisotopic (exact) mass is 194 g/mol. The van der Waals surface area contributed by atoms with Crippen molar-refractivity contribution >= 4 is 0 Å². The Morgan fingerprint density at radius 3 is 3.00 bits per heavy atom. The van der Waals surface area contributed by atoms with Gasteiger partial charge in [-0.25, -0.2) is 4.98 Å². The lowest BCUT2D eigenvalue weighted by Gasteiger charge is -2.00. The third-order valence-corrected chi connectivity index (χ3v) is 1.80. The second-order valence-corrected chi connectivity index (χ2v) is 2.82. The molecule has 2 aromatic heterocycles. The van der Waals surface area contributed by atoms with E-state index in [0.29, 0.717) is 18.2 Å². The van der Waals surface area contributed by atoms with E-state index in [9.17, 15) is 0 Å². The Hall–Kier alpha value is -1.76. The minimum atomic E-state index is -0.0900. The highest BCUT2D eigenvalue weighted by molar-refractivity contribution is 4.94. The van der Waals surface area contributed by atoms with Crippen LogP contribution in [-0.2, 0) is 20.2 Å². The minimum absolute atomic E-state index is 0.0900. The summed E-state index contributed by atoms with van der Waals surface area (Å²) in [6.07, 6.45) is 3.39. The zero-order valence-electron chi connectivity index (χ0n) is 7.70. The smallest absolute Gasteiger partial charge is 0.194 e. The molecule has 14 heavy (non-hydrogen) atoms. The van der Waals surface area contributed by atoms with Gasteiger partial charge in [-0.15, -0.1) is 10.2 Å². The number of nitrogens with zero attached hydrogens (tertiary/aromatic N) is 6. The first-order valence-corrected chi connectivity index (χ1v) is 4.13. The molecule has 1 N–H and O–H groups in total. The number of aliphatic hydroxyl groups is 1. The van der Waals surface area contributed by atoms with Crippen molar-refractivity contribution in [2.75, 3.05) is 0 Å². The van der Waals surface area contributed by atoms with Crippen LogP contribution in [0.1, 0.15) is 11.6 Å². The van der Waals surface area contributed by atoms with E-state index in [0.717, 1.165) is 0 Å². The Balaban J connectivity index is 2.18. The predicted molar refractivity (Wildman–Crippen MR) is 46.0 cm³/mol. The molecule has 0 saturated carbocycles. The molecule has 0 bridgehead atoms. The molecule has 0 aliphatic carbocycles. The topological polar surface area (TPSA) is 81.7 Å². The van der Waals surface area contributed by atoms with Crippen LogP contribution in [0, 0.1) is 0 Å². The van der Waals surface area contributed by atoms with Gasteiger partial charge in [0, 0.05) is 12.4 Å². The van der Waals surface area contributed by atoms with Crippen molar-refractivity contribution in [1.82, 2.24) is 29.8 Å². The standard InChI is InChI=1S/C7H10N6O/c1-12-10-6(9-11-12)4-13-3-2-8-7(13)5-14/h2-3,14H,4-5H2,1H3. The molecule has 0 amide bonds. The average Bonchev–Trinajstić information content (AvgIpc) is 2.76. The molecule has 0 fully saturated rings. The summed E-state index contributed by atoms with van der Waals surface area (Å²) in [6.45, 7) is 0.386. The van der Waals surface area contributed by atoms with E-state index < -0.39 is 0 Å². The van der Waals surface area contributed by atoms with Gasteiger partial charge in [-0.3, -0.25) is 0 Å². The molecule has 0 atom stereocenters. The second kappa shape index (κ2) is 3.54. The Morgan fingerprint density at radius 2 is 2.36 bits per heavy atom. The van der Waals surface area contributed by atoms with Gasteiger partial charge in [0.2, 0.25) is 0 Å². The average molecular weight is 194 g/mol. The van der Waals surface area contributed by atoms with Crippen molar-refractivity contribution < 1.29 is 5.11 Å². The van der Waals surface area contributed by atoms with Gasteiger partial charge in [-0.2, -0.15) is 4.80 Å². The molecule has 0 radical (unpaired) electrons. The highest BCUT2D eigenvalue weighted by atomic mass is 16.3. The van der Waals surface area contributed by atoms with Crippen LogP contribution in [0.25, 0.3) is 0 Å². The largest absolute Gasteiger partial charge is 0.388 e. The van der Waals surface area contributed by atoms with Crippen LogP contribution in [-0.4, -0.2) is 34.9 Å². The van der Waals surface area contributed by atoms with Crippen molar-refractivity contribution in [2.45, 2.75) is 13.2 Å².